The van der Waals surface area contributed by atoms with E-state index in [0.29, 0.717) is 0 Å². The van der Waals surface area contributed by atoms with Crippen LogP contribution < -0.4 is 10.4 Å². The molecule has 0 heterocycles. The molecule has 0 aromatic heterocycles. The molecule has 0 bridgehead atoms. The Morgan fingerprint density at radius 3 is 2.62 bits per heavy atom. The van der Waals surface area contributed by atoms with E-state index < -0.39 is 0 Å². The van der Waals surface area contributed by atoms with Crippen LogP contribution in [0.4, 0.5) is 0 Å². The molecule has 0 amide bonds. The summed E-state index contributed by atoms with van der Waals surface area (Å²) in [5.41, 5.74) is 1.35. The molecule has 0 saturated heterocycles. The summed E-state index contributed by atoms with van der Waals surface area (Å²) in [6, 6.07) is 8.26. The van der Waals surface area contributed by atoms with Crippen molar-refractivity contribution in [2.75, 3.05) is 0 Å². The van der Waals surface area contributed by atoms with Gasteiger partial charge in [0.25, 0.3) is 0 Å². The first kappa shape index (κ1) is 9.79. The Hall–Kier alpha value is -1.30. The van der Waals surface area contributed by atoms with Gasteiger partial charge >= 0.3 is 0 Å². The number of hydrogen-bond donors (Lipinski definition) is 0. The van der Waals surface area contributed by atoms with Crippen molar-refractivity contribution in [2.45, 2.75) is 20.3 Å². The second kappa shape index (κ2) is 4.66. The lowest BCUT2D eigenvalue weighted by atomic mass is 10.1. The Labute approximate surface area is 79.9 Å². The highest BCUT2D eigenvalue weighted by atomic mass is 13.9. The van der Waals surface area contributed by atoms with Crippen LogP contribution in [0.25, 0.3) is 12.2 Å². The quantitative estimate of drug-likeness (QED) is 0.641. The Morgan fingerprint density at radius 1 is 1.38 bits per heavy atom. The lowest BCUT2D eigenvalue weighted by molar-refractivity contribution is 1.23. The molecular weight excluding hydrogens is 156 g/mol. The lowest BCUT2D eigenvalue weighted by Crippen LogP contribution is -2.24. The van der Waals surface area contributed by atoms with Crippen molar-refractivity contribution in [3.8, 4) is 0 Å². The molecule has 0 heteroatoms. The van der Waals surface area contributed by atoms with Crippen molar-refractivity contribution >= 4 is 12.2 Å². The molecule has 0 nitrogen and oxygen atoms in total. The van der Waals surface area contributed by atoms with Crippen LogP contribution in [0.1, 0.15) is 20.3 Å². The number of allylic oxidation sites excluding steroid dienone is 2. The molecular formula is C13H16. The van der Waals surface area contributed by atoms with Crippen molar-refractivity contribution in [2.24, 2.45) is 0 Å². The molecule has 13 heavy (non-hydrogen) atoms. The maximum absolute atomic E-state index is 4.02. The highest BCUT2D eigenvalue weighted by Crippen LogP contribution is 1.99. The zero-order chi connectivity index (χ0) is 9.68. The van der Waals surface area contributed by atoms with Gasteiger partial charge in [0, 0.05) is 0 Å². The fraction of sp³-hybridized carbons (Fsp3) is 0.231. The van der Waals surface area contributed by atoms with Gasteiger partial charge in [-0.15, -0.1) is 0 Å². The van der Waals surface area contributed by atoms with Crippen molar-refractivity contribution in [3.05, 3.63) is 46.9 Å². The van der Waals surface area contributed by atoms with Crippen molar-refractivity contribution in [1.29, 1.82) is 0 Å². The molecule has 0 aliphatic rings. The summed E-state index contributed by atoms with van der Waals surface area (Å²) < 4.78 is 0. The zero-order valence-electron chi connectivity index (χ0n) is 8.38. The van der Waals surface area contributed by atoms with Crippen LogP contribution in [0, 0.1) is 0 Å². The van der Waals surface area contributed by atoms with Gasteiger partial charge in [0.15, 0.2) is 0 Å². The van der Waals surface area contributed by atoms with Crippen molar-refractivity contribution in [1.82, 2.24) is 0 Å². The first-order chi connectivity index (χ1) is 6.29. The maximum atomic E-state index is 4.02. The summed E-state index contributed by atoms with van der Waals surface area (Å²) in [6.45, 7) is 8.23. The fourth-order valence-corrected chi connectivity index (χ4v) is 1.43. The number of benzene rings is 1. The van der Waals surface area contributed by atoms with E-state index in [4.69, 9.17) is 0 Å². The standard InChI is InChI=1S/C13H16/c1-4-8-12(5-2)13-10-7-6-9-11(13)3/h4,6-10H,3,5H2,1-2H3/b8-4-,13-12-. The largest absolute Gasteiger partial charge is 0.0911 e. The first-order valence-corrected chi connectivity index (χ1v) is 4.69. The van der Waals surface area contributed by atoms with Crippen LogP contribution in [0.3, 0.4) is 0 Å². The average Bonchev–Trinajstić information content (AvgIpc) is 2.16. The molecule has 1 rings (SSSR count). The van der Waals surface area contributed by atoms with E-state index in [-0.39, 0.29) is 0 Å². The van der Waals surface area contributed by atoms with Gasteiger partial charge in [-0.2, -0.15) is 0 Å². The van der Waals surface area contributed by atoms with Gasteiger partial charge in [-0.05, 0) is 29.4 Å². The molecule has 1 aromatic carbocycles. The molecule has 0 saturated carbocycles. The maximum Gasteiger partial charge on any atom is -0.0158 e. The highest BCUT2D eigenvalue weighted by molar-refractivity contribution is 5.56. The van der Waals surface area contributed by atoms with Crippen LogP contribution >= 0.6 is 0 Å². The average molecular weight is 172 g/mol. The second-order valence-electron chi connectivity index (χ2n) is 3.04. The highest BCUT2D eigenvalue weighted by Gasteiger charge is 1.89. The summed E-state index contributed by atoms with van der Waals surface area (Å²) >= 11 is 0. The molecule has 0 N–H and O–H groups in total. The molecule has 0 aliphatic carbocycles. The molecule has 0 atom stereocenters. The Kier molecular flexibility index (Phi) is 3.51. The molecule has 0 radical (unpaired) electrons. The Balaban J connectivity index is 3.46. The van der Waals surface area contributed by atoms with Gasteiger partial charge in [0.2, 0.25) is 0 Å². The van der Waals surface area contributed by atoms with E-state index in [0.717, 1.165) is 11.6 Å². The van der Waals surface area contributed by atoms with Crippen LogP contribution in [0.5, 0.6) is 0 Å². The predicted octanol–water partition coefficient (Wildman–Crippen LogP) is 2.23. The fourth-order valence-electron chi connectivity index (χ4n) is 1.43. The summed E-state index contributed by atoms with van der Waals surface area (Å²) in [7, 11) is 0. The molecule has 0 aliphatic heterocycles. The van der Waals surface area contributed by atoms with Gasteiger partial charge in [-0.1, -0.05) is 49.9 Å². The van der Waals surface area contributed by atoms with E-state index in [9.17, 15) is 0 Å². The number of hydrogen-bond acceptors (Lipinski definition) is 0. The predicted molar refractivity (Wildman–Crippen MR) is 59.7 cm³/mol. The summed E-state index contributed by atoms with van der Waals surface area (Å²) in [5.74, 6) is 0. The molecule has 0 fully saturated rings. The van der Waals surface area contributed by atoms with E-state index in [1.54, 1.807) is 0 Å². The van der Waals surface area contributed by atoms with Gasteiger partial charge in [-0.3, -0.25) is 0 Å². The van der Waals surface area contributed by atoms with Gasteiger partial charge in [0.1, 0.15) is 0 Å². The zero-order valence-corrected chi connectivity index (χ0v) is 8.38. The minimum absolute atomic E-state index is 1.05. The Bertz CT molecular complexity index is 396. The van der Waals surface area contributed by atoms with E-state index in [1.165, 1.54) is 10.8 Å². The normalized spacial score (nSPS) is 13.4. The summed E-state index contributed by atoms with van der Waals surface area (Å²) in [5, 5.41) is 2.38. The topological polar surface area (TPSA) is 0 Å². The molecule has 1 aromatic rings. The SMILES string of the molecule is C=c1cccc/c1=C(/C=C\C)CC. The van der Waals surface area contributed by atoms with E-state index >= 15 is 0 Å². The lowest BCUT2D eigenvalue weighted by Gasteiger charge is -1.97. The minimum Gasteiger partial charge on any atom is -0.0911 e. The van der Waals surface area contributed by atoms with Gasteiger partial charge in [-0.25, -0.2) is 0 Å². The van der Waals surface area contributed by atoms with Gasteiger partial charge in [0.05, 0.1) is 0 Å². The minimum atomic E-state index is 1.05. The van der Waals surface area contributed by atoms with Crippen LogP contribution in [-0.4, -0.2) is 0 Å². The number of rotatable bonds is 2. The van der Waals surface area contributed by atoms with Crippen LogP contribution in [0.15, 0.2) is 36.4 Å². The van der Waals surface area contributed by atoms with E-state index in [2.05, 4.69) is 43.9 Å². The summed E-state index contributed by atoms with van der Waals surface area (Å²) in [4.78, 5) is 0. The monoisotopic (exact) mass is 172 g/mol. The molecule has 68 valence electrons. The molecule has 0 unspecified atom stereocenters. The third-order valence-electron chi connectivity index (χ3n) is 2.11. The van der Waals surface area contributed by atoms with E-state index in [1.807, 2.05) is 13.0 Å². The first-order valence-electron chi connectivity index (χ1n) is 4.69. The molecule has 0 spiro atoms. The van der Waals surface area contributed by atoms with Crippen molar-refractivity contribution < 1.29 is 0 Å². The summed E-state index contributed by atoms with van der Waals surface area (Å²) in [6.07, 6.45) is 5.28. The Morgan fingerprint density at radius 2 is 2.08 bits per heavy atom. The second-order valence-corrected chi connectivity index (χ2v) is 3.04. The van der Waals surface area contributed by atoms with Gasteiger partial charge < -0.3 is 0 Å². The van der Waals surface area contributed by atoms with Crippen molar-refractivity contribution in [3.63, 3.8) is 0 Å². The van der Waals surface area contributed by atoms with Crippen LogP contribution in [0.2, 0.25) is 0 Å². The third kappa shape index (κ3) is 2.32. The van der Waals surface area contributed by atoms with Crippen LogP contribution in [-0.2, 0) is 0 Å². The smallest absolute Gasteiger partial charge is 0.0158 e. The third-order valence-corrected chi connectivity index (χ3v) is 2.11.